The lowest BCUT2D eigenvalue weighted by molar-refractivity contribution is -0.384. The van der Waals surface area contributed by atoms with Gasteiger partial charge in [-0.2, -0.15) is 0 Å². The fraction of sp³-hybridized carbons (Fsp3) is 0.462. The molecule has 0 saturated carbocycles. The first-order chi connectivity index (χ1) is 9.40. The number of aliphatic hydroxyl groups is 1. The van der Waals surface area contributed by atoms with E-state index in [4.69, 9.17) is 4.74 Å². The van der Waals surface area contributed by atoms with Crippen LogP contribution < -0.4 is 5.32 Å². The van der Waals surface area contributed by atoms with E-state index in [0.717, 1.165) is 6.07 Å². The molecule has 20 heavy (non-hydrogen) atoms. The molecular formula is C13H18N2O5. The first kappa shape index (κ1) is 16.1. The SMILES string of the molecule is CC(C)NC[C@H](O)COC(=O)c1cccc([N+](=O)[O-])c1. The predicted molar refractivity (Wildman–Crippen MR) is 72.5 cm³/mol. The summed E-state index contributed by atoms with van der Waals surface area (Å²) in [4.78, 5) is 21.7. The molecule has 0 radical (unpaired) electrons. The molecule has 1 rings (SSSR count). The summed E-state index contributed by atoms with van der Waals surface area (Å²) in [6.07, 6.45) is -0.819. The number of ether oxygens (including phenoxy) is 1. The summed E-state index contributed by atoms with van der Waals surface area (Å²) >= 11 is 0. The molecular weight excluding hydrogens is 264 g/mol. The molecule has 0 saturated heterocycles. The van der Waals surface area contributed by atoms with Crippen LogP contribution in [0.5, 0.6) is 0 Å². The van der Waals surface area contributed by atoms with Gasteiger partial charge in [0.2, 0.25) is 0 Å². The number of hydrogen-bond acceptors (Lipinski definition) is 6. The Bertz CT molecular complexity index is 476. The molecule has 0 aliphatic carbocycles. The first-order valence-electron chi connectivity index (χ1n) is 6.23. The standard InChI is InChI=1S/C13H18N2O5/c1-9(2)14-7-12(16)8-20-13(17)10-4-3-5-11(6-10)15(18)19/h3-6,9,12,14,16H,7-8H2,1-2H3/t12-/m0/s1. The second-order valence-corrected chi connectivity index (χ2v) is 4.62. The van der Waals surface area contributed by atoms with Crippen LogP contribution in [0.15, 0.2) is 24.3 Å². The molecule has 1 aromatic rings. The van der Waals surface area contributed by atoms with E-state index in [2.05, 4.69) is 5.32 Å². The number of carbonyl (C=O) groups is 1. The Hall–Kier alpha value is -1.99. The van der Waals surface area contributed by atoms with Gasteiger partial charge in [-0.1, -0.05) is 19.9 Å². The van der Waals surface area contributed by atoms with Gasteiger partial charge in [-0.25, -0.2) is 4.79 Å². The van der Waals surface area contributed by atoms with Gasteiger partial charge in [-0.3, -0.25) is 10.1 Å². The number of carbonyl (C=O) groups excluding carboxylic acids is 1. The van der Waals surface area contributed by atoms with E-state index in [0.29, 0.717) is 6.54 Å². The molecule has 7 nitrogen and oxygen atoms in total. The average Bonchev–Trinajstić information content (AvgIpc) is 2.42. The maximum Gasteiger partial charge on any atom is 0.338 e. The predicted octanol–water partition coefficient (Wildman–Crippen LogP) is 1.11. The van der Waals surface area contributed by atoms with E-state index in [-0.39, 0.29) is 23.9 Å². The van der Waals surface area contributed by atoms with Crippen molar-refractivity contribution in [2.75, 3.05) is 13.2 Å². The summed E-state index contributed by atoms with van der Waals surface area (Å²) in [5.74, 6) is -0.697. The highest BCUT2D eigenvalue weighted by atomic mass is 16.6. The number of rotatable bonds is 7. The minimum atomic E-state index is -0.819. The molecule has 0 aromatic heterocycles. The quantitative estimate of drug-likeness (QED) is 0.441. The molecule has 0 bridgehead atoms. The van der Waals surface area contributed by atoms with Gasteiger partial charge in [-0.15, -0.1) is 0 Å². The molecule has 0 spiro atoms. The molecule has 0 aliphatic heterocycles. The molecule has 0 fully saturated rings. The smallest absolute Gasteiger partial charge is 0.338 e. The Morgan fingerprint density at radius 3 is 2.80 bits per heavy atom. The van der Waals surface area contributed by atoms with Crippen LogP contribution in [0.3, 0.4) is 0 Å². The van der Waals surface area contributed by atoms with Crippen LogP contribution in [-0.4, -0.2) is 41.3 Å². The summed E-state index contributed by atoms with van der Waals surface area (Å²) in [6.45, 7) is 4.00. The van der Waals surface area contributed by atoms with E-state index >= 15 is 0 Å². The Balaban J connectivity index is 2.50. The van der Waals surface area contributed by atoms with Gasteiger partial charge in [0.15, 0.2) is 0 Å². The van der Waals surface area contributed by atoms with Gasteiger partial charge < -0.3 is 15.2 Å². The van der Waals surface area contributed by atoms with Crippen LogP contribution in [0.2, 0.25) is 0 Å². The number of nitrogens with zero attached hydrogens (tertiary/aromatic N) is 1. The van der Waals surface area contributed by atoms with Gasteiger partial charge in [-0.05, 0) is 6.07 Å². The molecule has 0 unspecified atom stereocenters. The normalized spacial score (nSPS) is 12.2. The zero-order valence-electron chi connectivity index (χ0n) is 11.4. The molecule has 1 atom stereocenters. The molecule has 0 heterocycles. The van der Waals surface area contributed by atoms with Crippen molar-refractivity contribution in [3.8, 4) is 0 Å². The van der Waals surface area contributed by atoms with Crippen molar-refractivity contribution in [3.05, 3.63) is 39.9 Å². The fourth-order valence-electron chi connectivity index (χ4n) is 1.43. The van der Waals surface area contributed by atoms with Crippen molar-refractivity contribution in [3.63, 3.8) is 0 Å². The van der Waals surface area contributed by atoms with Gasteiger partial charge >= 0.3 is 5.97 Å². The van der Waals surface area contributed by atoms with Crippen LogP contribution >= 0.6 is 0 Å². The highest BCUT2D eigenvalue weighted by Crippen LogP contribution is 2.13. The van der Waals surface area contributed by atoms with Crippen LogP contribution in [-0.2, 0) is 4.74 Å². The second-order valence-electron chi connectivity index (χ2n) is 4.62. The third kappa shape index (κ3) is 5.33. The Morgan fingerprint density at radius 1 is 1.50 bits per heavy atom. The maximum atomic E-state index is 11.7. The summed E-state index contributed by atoms with van der Waals surface area (Å²) in [6, 6.07) is 5.48. The molecule has 2 N–H and O–H groups in total. The van der Waals surface area contributed by atoms with Crippen LogP contribution in [0, 0.1) is 10.1 Å². The molecule has 0 aliphatic rings. The number of esters is 1. The maximum absolute atomic E-state index is 11.7. The van der Waals surface area contributed by atoms with E-state index in [1.165, 1.54) is 18.2 Å². The third-order valence-electron chi connectivity index (χ3n) is 2.46. The number of non-ortho nitro benzene ring substituents is 1. The van der Waals surface area contributed by atoms with Crippen molar-refractivity contribution in [1.82, 2.24) is 5.32 Å². The minimum absolute atomic E-state index is 0.0863. The Labute approximate surface area is 116 Å². The van der Waals surface area contributed by atoms with Crippen molar-refractivity contribution >= 4 is 11.7 Å². The lowest BCUT2D eigenvalue weighted by Crippen LogP contribution is -2.35. The summed E-state index contributed by atoms with van der Waals surface area (Å²) in [5.41, 5.74) is -0.0929. The van der Waals surface area contributed by atoms with Gasteiger partial charge in [0.05, 0.1) is 10.5 Å². The average molecular weight is 282 g/mol. The van der Waals surface area contributed by atoms with Crippen molar-refractivity contribution in [1.29, 1.82) is 0 Å². The van der Waals surface area contributed by atoms with Crippen molar-refractivity contribution < 1.29 is 19.6 Å². The first-order valence-corrected chi connectivity index (χ1v) is 6.23. The lowest BCUT2D eigenvalue weighted by Gasteiger charge is -2.14. The van der Waals surface area contributed by atoms with Crippen LogP contribution in [0.25, 0.3) is 0 Å². The number of hydrogen-bond donors (Lipinski definition) is 2. The monoisotopic (exact) mass is 282 g/mol. The molecule has 110 valence electrons. The third-order valence-corrected chi connectivity index (χ3v) is 2.46. The van der Waals surface area contributed by atoms with E-state index in [1.54, 1.807) is 0 Å². The Morgan fingerprint density at radius 2 is 2.20 bits per heavy atom. The van der Waals surface area contributed by atoms with Crippen molar-refractivity contribution in [2.45, 2.75) is 26.0 Å². The van der Waals surface area contributed by atoms with Gasteiger partial charge in [0, 0.05) is 24.7 Å². The van der Waals surface area contributed by atoms with Gasteiger partial charge in [0.1, 0.15) is 12.7 Å². The minimum Gasteiger partial charge on any atom is -0.459 e. The largest absolute Gasteiger partial charge is 0.459 e. The zero-order valence-corrected chi connectivity index (χ0v) is 11.4. The second kappa shape index (κ2) is 7.56. The Kier molecular flexibility index (Phi) is 6.08. The molecule has 7 heteroatoms. The van der Waals surface area contributed by atoms with E-state index in [1.807, 2.05) is 13.8 Å². The zero-order chi connectivity index (χ0) is 15.1. The summed E-state index contributed by atoms with van der Waals surface area (Å²) in [7, 11) is 0. The van der Waals surface area contributed by atoms with Crippen molar-refractivity contribution in [2.24, 2.45) is 0 Å². The van der Waals surface area contributed by atoms with Crippen LogP contribution in [0.1, 0.15) is 24.2 Å². The van der Waals surface area contributed by atoms with Gasteiger partial charge in [0.25, 0.3) is 5.69 Å². The topological polar surface area (TPSA) is 102 Å². The molecule has 1 aromatic carbocycles. The number of benzene rings is 1. The highest BCUT2D eigenvalue weighted by Gasteiger charge is 2.14. The highest BCUT2D eigenvalue weighted by molar-refractivity contribution is 5.90. The van der Waals surface area contributed by atoms with E-state index in [9.17, 15) is 20.0 Å². The number of aliphatic hydroxyl groups excluding tert-OH is 1. The summed E-state index contributed by atoms with van der Waals surface area (Å²) < 4.78 is 4.91. The number of nitro groups is 1. The number of nitrogens with one attached hydrogen (secondary N) is 1. The number of nitro benzene ring substituents is 1. The van der Waals surface area contributed by atoms with Crippen LogP contribution in [0.4, 0.5) is 5.69 Å². The van der Waals surface area contributed by atoms with E-state index < -0.39 is 17.0 Å². The fourth-order valence-corrected chi connectivity index (χ4v) is 1.43. The molecule has 0 amide bonds. The lowest BCUT2D eigenvalue weighted by atomic mass is 10.2. The summed E-state index contributed by atoms with van der Waals surface area (Å²) in [5, 5.41) is 23.2.